The zero-order valence-corrected chi connectivity index (χ0v) is 9.14. The maximum Gasteiger partial charge on any atom is 0.130 e. The Morgan fingerprint density at radius 1 is 1.31 bits per heavy atom. The number of rotatable bonds is 8. The molecule has 0 heterocycles. The van der Waals surface area contributed by atoms with Gasteiger partial charge in [-0.1, -0.05) is 26.2 Å². The van der Waals surface area contributed by atoms with Gasteiger partial charge in [-0.2, -0.15) is 0 Å². The van der Waals surface area contributed by atoms with Gasteiger partial charge in [0, 0.05) is 20.1 Å². The topological polar surface area (TPSA) is 26.3 Å². The lowest BCUT2D eigenvalue weighted by Gasteiger charge is -2.08. The molecule has 1 atom stereocenters. The Morgan fingerprint density at radius 2 is 2.00 bits per heavy atom. The van der Waals surface area contributed by atoms with Crippen molar-refractivity contribution in [2.24, 2.45) is 5.92 Å². The van der Waals surface area contributed by atoms with Crippen LogP contribution in [0.3, 0.4) is 0 Å². The number of hydrogen-bond donors (Lipinski definition) is 0. The molecule has 0 N–H and O–H groups in total. The highest BCUT2D eigenvalue weighted by Crippen LogP contribution is 2.13. The number of methoxy groups -OCH3 is 1. The van der Waals surface area contributed by atoms with Crippen molar-refractivity contribution in [1.82, 2.24) is 0 Å². The Labute approximate surface area is 81.7 Å². The van der Waals surface area contributed by atoms with Gasteiger partial charge in [0.2, 0.25) is 0 Å². The first-order valence-electron chi connectivity index (χ1n) is 5.15. The van der Waals surface area contributed by atoms with E-state index in [1.165, 1.54) is 19.3 Å². The second-order valence-electron chi connectivity index (χ2n) is 3.85. The maximum absolute atomic E-state index is 10.8. The normalized spacial score (nSPS) is 12.8. The van der Waals surface area contributed by atoms with Crippen LogP contribution in [0.15, 0.2) is 0 Å². The molecule has 13 heavy (non-hydrogen) atoms. The van der Waals surface area contributed by atoms with Gasteiger partial charge in [-0.15, -0.1) is 0 Å². The van der Waals surface area contributed by atoms with Crippen LogP contribution in [0.5, 0.6) is 0 Å². The molecule has 0 aromatic heterocycles. The van der Waals surface area contributed by atoms with Crippen LogP contribution in [0.2, 0.25) is 0 Å². The Kier molecular flexibility index (Phi) is 8.00. The van der Waals surface area contributed by atoms with Crippen molar-refractivity contribution < 1.29 is 9.53 Å². The molecule has 78 valence electrons. The van der Waals surface area contributed by atoms with Gasteiger partial charge in [-0.25, -0.2) is 0 Å². The number of carbonyl (C=O) groups is 1. The number of carbonyl (C=O) groups excluding carboxylic acids is 1. The molecule has 0 radical (unpaired) electrons. The minimum atomic E-state index is 0.310. The molecule has 0 aliphatic heterocycles. The molecule has 2 nitrogen and oxygen atoms in total. The van der Waals surface area contributed by atoms with Gasteiger partial charge in [-0.3, -0.25) is 0 Å². The molecule has 0 aliphatic rings. The smallest absolute Gasteiger partial charge is 0.130 e. The van der Waals surface area contributed by atoms with E-state index in [-0.39, 0.29) is 0 Å². The summed E-state index contributed by atoms with van der Waals surface area (Å²) in [7, 11) is 1.73. The lowest BCUT2D eigenvalue weighted by molar-refractivity contribution is -0.117. The Balaban J connectivity index is 3.17. The van der Waals surface area contributed by atoms with Crippen LogP contribution in [0.25, 0.3) is 0 Å². The third-order valence-corrected chi connectivity index (χ3v) is 2.18. The SMILES string of the molecule is COCCCCCC(C)CC(C)=O. The van der Waals surface area contributed by atoms with E-state index in [2.05, 4.69) is 6.92 Å². The molecular formula is C11H22O2. The summed E-state index contributed by atoms with van der Waals surface area (Å²) < 4.78 is 4.96. The molecule has 0 aliphatic carbocycles. The molecule has 0 fully saturated rings. The predicted octanol–water partition coefficient (Wildman–Crippen LogP) is 2.81. The van der Waals surface area contributed by atoms with Crippen LogP contribution in [-0.2, 0) is 9.53 Å². The van der Waals surface area contributed by atoms with Gasteiger partial charge in [0.25, 0.3) is 0 Å². The summed E-state index contributed by atoms with van der Waals surface area (Å²) >= 11 is 0. The fourth-order valence-corrected chi connectivity index (χ4v) is 1.51. The highest BCUT2D eigenvalue weighted by Gasteiger charge is 2.04. The summed E-state index contributed by atoms with van der Waals surface area (Å²) in [4.78, 5) is 10.8. The first kappa shape index (κ1) is 12.6. The number of Topliss-reactive ketones (excluding diaryl/α,β-unsaturated/α-hetero) is 1. The lowest BCUT2D eigenvalue weighted by Crippen LogP contribution is -2.01. The zero-order chi connectivity index (χ0) is 10.1. The summed E-state index contributed by atoms with van der Waals surface area (Å²) in [6, 6.07) is 0. The average Bonchev–Trinajstić information content (AvgIpc) is 2.02. The molecule has 0 bridgehead atoms. The van der Waals surface area contributed by atoms with Gasteiger partial charge in [0.1, 0.15) is 5.78 Å². The van der Waals surface area contributed by atoms with Crippen LogP contribution < -0.4 is 0 Å². The van der Waals surface area contributed by atoms with Crippen LogP contribution in [-0.4, -0.2) is 19.5 Å². The standard InChI is InChI=1S/C11H22O2/c1-10(9-11(2)12)7-5-4-6-8-13-3/h10H,4-9H2,1-3H3. The molecule has 0 spiro atoms. The van der Waals surface area contributed by atoms with E-state index in [0.717, 1.165) is 19.4 Å². The van der Waals surface area contributed by atoms with E-state index < -0.39 is 0 Å². The lowest BCUT2D eigenvalue weighted by atomic mass is 9.98. The second-order valence-corrected chi connectivity index (χ2v) is 3.85. The largest absolute Gasteiger partial charge is 0.385 e. The summed E-state index contributed by atoms with van der Waals surface area (Å²) in [5, 5.41) is 0. The van der Waals surface area contributed by atoms with E-state index in [1.807, 2.05) is 0 Å². The number of ketones is 1. The molecule has 0 saturated heterocycles. The van der Waals surface area contributed by atoms with Gasteiger partial charge < -0.3 is 9.53 Å². The van der Waals surface area contributed by atoms with E-state index in [4.69, 9.17) is 4.74 Å². The molecule has 0 amide bonds. The third kappa shape index (κ3) is 9.54. The molecular weight excluding hydrogens is 164 g/mol. The van der Waals surface area contributed by atoms with Crippen molar-refractivity contribution in [3.8, 4) is 0 Å². The van der Waals surface area contributed by atoms with E-state index >= 15 is 0 Å². The van der Waals surface area contributed by atoms with Crippen molar-refractivity contribution in [3.63, 3.8) is 0 Å². The molecule has 0 rings (SSSR count). The summed E-state index contributed by atoms with van der Waals surface area (Å²) in [6.45, 7) is 4.68. The van der Waals surface area contributed by atoms with Crippen molar-refractivity contribution in [2.45, 2.75) is 46.0 Å². The van der Waals surface area contributed by atoms with Gasteiger partial charge in [0.15, 0.2) is 0 Å². The van der Waals surface area contributed by atoms with Gasteiger partial charge in [-0.05, 0) is 19.3 Å². The fraction of sp³-hybridized carbons (Fsp3) is 0.909. The van der Waals surface area contributed by atoms with Gasteiger partial charge >= 0.3 is 0 Å². The maximum atomic E-state index is 10.8. The van der Waals surface area contributed by atoms with Gasteiger partial charge in [0.05, 0.1) is 0 Å². The minimum Gasteiger partial charge on any atom is -0.385 e. The van der Waals surface area contributed by atoms with Crippen LogP contribution in [0.1, 0.15) is 46.0 Å². The first-order valence-corrected chi connectivity index (χ1v) is 5.15. The summed E-state index contributed by atoms with van der Waals surface area (Å²) in [5.41, 5.74) is 0. The van der Waals surface area contributed by atoms with Crippen molar-refractivity contribution in [2.75, 3.05) is 13.7 Å². The van der Waals surface area contributed by atoms with Crippen LogP contribution >= 0.6 is 0 Å². The highest BCUT2D eigenvalue weighted by molar-refractivity contribution is 5.75. The Morgan fingerprint density at radius 3 is 2.54 bits per heavy atom. The molecule has 0 saturated carbocycles. The predicted molar refractivity (Wildman–Crippen MR) is 54.8 cm³/mol. The summed E-state index contributed by atoms with van der Waals surface area (Å²) in [6.07, 6.45) is 5.49. The Bertz CT molecular complexity index is 132. The zero-order valence-electron chi connectivity index (χ0n) is 9.14. The highest BCUT2D eigenvalue weighted by atomic mass is 16.5. The third-order valence-electron chi connectivity index (χ3n) is 2.18. The van der Waals surface area contributed by atoms with Crippen molar-refractivity contribution >= 4 is 5.78 Å². The van der Waals surface area contributed by atoms with Crippen LogP contribution in [0, 0.1) is 5.92 Å². The van der Waals surface area contributed by atoms with Crippen molar-refractivity contribution in [1.29, 1.82) is 0 Å². The quantitative estimate of drug-likeness (QED) is 0.545. The molecule has 0 aromatic rings. The van der Waals surface area contributed by atoms with Crippen LogP contribution in [0.4, 0.5) is 0 Å². The van der Waals surface area contributed by atoms with E-state index in [1.54, 1.807) is 14.0 Å². The first-order chi connectivity index (χ1) is 6.16. The number of ether oxygens (including phenoxy) is 1. The second kappa shape index (κ2) is 8.24. The minimum absolute atomic E-state index is 0.310. The molecule has 2 heteroatoms. The van der Waals surface area contributed by atoms with Crippen molar-refractivity contribution in [3.05, 3.63) is 0 Å². The summed E-state index contributed by atoms with van der Waals surface area (Å²) in [5.74, 6) is 0.865. The number of hydrogen-bond acceptors (Lipinski definition) is 2. The fourth-order valence-electron chi connectivity index (χ4n) is 1.51. The molecule has 0 aromatic carbocycles. The average molecular weight is 186 g/mol. The molecule has 1 unspecified atom stereocenters. The van der Waals surface area contributed by atoms with E-state index in [0.29, 0.717) is 11.7 Å². The number of unbranched alkanes of at least 4 members (excludes halogenated alkanes) is 2. The van der Waals surface area contributed by atoms with E-state index in [9.17, 15) is 4.79 Å². The Hall–Kier alpha value is -0.370. The monoisotopic (exact) mass is 186 g/mol.